The largest absolute Gasteiger partial charge is 0.494 e. The molecule has 0 aromatic heterocycles. The normalized spacial score (nSPS) is 14.0. The van der Waals surface area contributed by atoms with Crippen LogP contribution in [0, 0.1) is 0 Å². The van der Waals surface area contributed by atoms with Crippen LogP contribution in [0.3, 0.4) is 0 Å². The molecule has 0 aliphatic heterocycles. The quantitative estimate of drug-likeness (QED) is 0.164. The van der Waals surface area contributed by atoms with Gasteiger partial charge in [-0.2, -0.15) is 0 Å². The van der Waals surface area contributed by atoms with Crippen LogP contribution in [0.5, 0.6) is 11.5 Å². The van der Waals surface area contributed by atoms with E-state index in [-0.39, 0.29) is 17.4 Å². The van der Waals surface area contributed by atoms with Crippen molar-refractivity contribution < 1.29 is 33.7 Å². The third-order valence-electron chi connectivity index (χ3n) is 3.89. The Labute approximate surface area is 170 Å². The van der Waals surface area contributed by atoms with Gasteiger partial charge in [-0.1, -0.05) is 57.2 Å². The summed E-state index contributed by atoms with van der Waals surface area (Å²) >= 11 is 5.35. The van der Waals surface area contributed by atoms with Crippen molar-refractivity contribution in [3.63, 3.8) is 0 Å². The summed E-state index contributed by atoms with van der Waals surface area (Å²) in [4.78, 5) is 9.88. The molecule has 0 spiro atoms. The highest BCUT2D eigenvalue weighted by Gasteiger charge is 2.66. The topological polar surface area (TPSA) is 35.5 Å². The van der Waals surface area contributed by atoms with Gasteiger partial charge in [-0.25, -0.2) is 4.79 Å². The Hall–Kier alpha value is -2.00. The fourth-order valence-electron chi connectivity index (χ4n) is 2.43. The first-order valence-electron chi connectivity index (χ1n) is 8.79. The number of carbonyl (C=O) groups is 1. The van der Waals surface area contributed by atoms with Crippen molar-refractivity contribution in [2.24, 2.45) is 0 Å². The van der Waals surface area contributed by atoms with Crippen LogP contribution >= 0.6 is 21.8 Å². The minimum atomic E-state index is -9.93. The van der Waals surface area contributed by atoms with Crippen molar-refractivity contribution in [2.75, 3.05) is 6.61 Å². The number of rotatable bonds is 9. The predicted octanol–water partition coefficient (Wildman–Crippen LogP) is 8.18. The average molecular weight is 459 g/mol. The number of carbonyl (C=O) groups excluding carboxylic acids is 1. The molecule has 0 amide bonds. The maximum Gasteiger partial charge on any atom is 0.343 e. The van der Waals surface area contributed by atoms with Gasteiger partial charge in [0.25, 0.3) is 0 Å². The zero-order chi connectivity index (χ0) is 21.8. The average Bonchev–Trinajstić information content (AvgIpc) is 2.59. The highest BCUT2D eigenvalue weighted by molar-refractivity contribution is 8.45. The maximum atomic E-state index is 12.9. The molecule has 0 atom stereocenters. The molecule has 0 N–H and O–H groups in total. The number of unbranched alkanes of at least 4 members (excludes halogenated alkanes) is 3. The van der Waals surface area contributed by atoms with Gasteiger partial charge in [0.05, 0.1) is 17.2 Å². The summed E-state index contributed by atoms with van der Waals surface area (Å²) in [7, 11) is -9.93. The molecule has 0 unspecified atom stereocenters. The first kappa shape index (κ1) is 23.3. The van der Waals surface area contributed by atoms with E-state index in [1.807, 2.05) is 0 Å². The fraction of sp³-hybridized carbons (Fsp3) is 0.316. The number of esters is 1. The van der Waals surface area contributed by atoms with Crippen LogP contribution in [-0.4, -0.2) is 12.6 Å². The van der Waals surface area contributed by atoms with Crippen molar-refractivity contribution in [1.82, 2.24) is 0 Å². The summed E-state index contributed by atoms with van der Waals surface area (Å²) in [6.45, 7) is 2.65. The minimum absolute atomic E-state index is 0.0992. The fourth-order valence-corrected chi connectivity index (χ4v) is 3.79. The van der Waals surface area contributed by atoms with Crippen molar-refractivity contribution in [3.8, 4) is 11.5 Å². The van der Waals surface area contributed by atoms with E-state index in [1.54, 1.807) is 12.1 Å². The van der Waals surface area contributed by atoms with E-state index < -0.39 is 26.1 Å². The third kappa shape index (κ3) is 7.08. The van der Waals surface area contributed by atoms with Crippen LogP contribution in [0.15, 0.2) is 47.4 Å². The maximum absolute atomic E-state index is 12.9. The first-order valence-corrected chi connectivity index (χ1v) is 11.1. The molecule has 0 saturated heterocycles. The molecular formula is C19H20ClF5O3S. The van der Waals surface area contributed by atoms with Gasteiger partial charge in [-0.05, 0) is 42.8 Å². The van der Waals surface area contributed by atoms with Crippen molar-refractivity contribution >= 4 is 27.8 Å². The van der Waals surface area contributed by atoms with Gasteiger partial charge in [0.15, 0.2) is 0 Å². The summed E-state index contributed by atoms with van der Waals surface area (Å²) in [5, 5.41) is -1.25. The van der Waals surface area contributed by atoms with Crippen LogP contribution in [0.4, 0.5) is 19.4 Å². The molecule has 3 nitrogen and oxygen atoms in total. The predicted molar refractivity (Wildman–Crippen MR) is 104 cm³/mol. The van der Waals surface area contributed by atoms with Crippen LogP contribution in [-0.2, 0) is 0 Å². The van der Waals surface area contributed by atoms with E-state index >= 15 is 0 Å². The van der Waals surface area contributed by atoms with Crippen molar-refractivity contribution in [1.29, 1.82) is 0 Å². The van der Waals surface area contributed by atoms with E-state index in [4.69, 9.17) is 21.1 Å². The van der Waals surface area contributed by atoms with Gasteiger partial charge in [0.1, 0.15) is 16.4 Å². The SMILES string of the molecule is CCCCCCOc1ccc(C(=O)Oc2ccc(S(F)(F)(F)(F)F)c(Cl)c2)cc1. The first-order chi connectivity index (χ1) is 13.3. The van der Waals surface area contributed by atoms with E-state index in [0.717, 1.165) is 25.7 Å². The number of benzene rings is 2. The molecule has 2 aromatic carbocycles. The van der Waals surface area contributed by atoms with E-state index in [1.165, 1.54) is 12.1 Å². The molecule has 0 fully saturated rings. The van der Waals surface area contributed by atoms with Crippen LogP contribution in [0.2, 0.25) is 5.02 Å². The second kappa shape index (κ2) is 8.02. The van der Waals surface area contributed by atoms with Gasteiger partial charge in [0.2, 0.25) is 0 Å². The minimum Gasteiger partial charge on any atom is -0.494 e. The third-order valence-corrected chi connectivity index (χ3v) is 5.50. The molecule has 0 saturated carbocycles. The van der Waals surface area contributed by atoms with Crippen molar-refractivity contribution in [3.05, 3.63) is 53.1 Å². The summed E-state index contributed by atoms with van der Waals surface area (Å²) < 4.78 is 74.7. The molecule has 0 aliphatic rings. The molecular weight excluding hydrogens is 439 g/mol. The molecule has 2 rings (SSSR count). The smallest absolute Gasteiger partial charge is 0.343 e. The number of halogens is 6. The molecule has 0 heterocycles. The molecule has 29 heavy (non-hydrogen) atoms. The Morgan fingerprint density at radius 3 is 2.10 bits per heavy atom. The Bertz CT molecular complexity index is 870. The van der Waals surface area contributed by atoms with Crippen molar-refractivity contribution in [2.45, 2.75) is 37.5 Å². The Balaban J connectivity index is 2.01. The molecule has 10 heteroatoms. The number of hydrogen-bond acceptors (Lipinski definition) is 3. The molecule has 0 aliphatic carbocycles. The van der Waals surface area contributed by atoms with Gasteiger partial charge in [-0.15, -0.1) is 0 Å². The second-order valence-electron chi connectivity index (χ2n) is 6.38. The highest BCUT2D eigenvalue weighted by atomic mass is 35.5. The lowest BCUT2D eigenvalue weighted by Crippen LogP contribution is -2.10. The monoisotopic (exact) mass is 458 g/mol. The lowest BCUT2D eigenvalue weighted by Gasteiger charge is -2.41. The molecule has 162 valence electrons. The van der Waals surface area contributed by atoms with Gasteiger partial charge >= 0.3 is 16.2 Å². The van der Waals surface area contributed by atoms with Gasteiger partial charge < -0.3 is 9.47 Å². The van der Waals surface area contributed by atoms with Crippen LogP contribution in [0.1, 0.15) is 43.0 Å². The number of hydrogen-bond donors (Lipinski definition) is 0. The van der Waals surface area contributed by atoms with E-state index in [2.05, 4.69) is 6.92 Å². The standard InChI is InChI=1S/C19H20ClF5O3S/c1-2-3-4-5-12-27-15-8-6-14(7-9-15)19(26)28-16-10-11-18(17(20)13-16)29(21,22,23,24)25/h6-11,13H,2-5,12H2,1H3. The summed E-state index contributed by atoms with van der Waals surface area (Å²) in [5.41, 5.74) is 0.108. The van der Waals surface area contributed by atoms with Crippen LogP contribution < -0.4 is 9.47 Å². The summed E-state index contributed by atoms with van der Waals surface area (Å²) in [5.74, 6) is -0.709. The van der Waals surface area contributed by atoms with Crippen LogP contribution in [0.25, 0.3) is 0 Å². The molecule has 0 bridgehead atoms. The summed E-state index contributed by atoms with van der Waals surface area (Å²) in [6, 6.07) is 7.21. The Morgan fingerprint density at radius 2 is 1.55 bits per heavy atom. The van der Waals surface area contributed by atoms with Gasteiger partial charge in [-0.3, -0.25) is 0 Å². The highest BCUT2D eigenvalue weighted by Crippen LogP contribution is 3.02. The lowest BCUT2D eigenvalue weighted by atomic mass is 10.2. The molecule has 2 aromatic rings. The number of ether oxygens (including phenoxy) is 2. The van der Waals surface area contributed by atoms with E-state index in [0.29, 0.717) is 24.5 Å². The zero-order valence-electron chi connectivity index (χ0n) is 15.5. The Kier molecular flexibility index (Phi) is 6.44. The van der Waals surface area contributed by atoms with E-state index in [9.17, 15) is 24.2 Å². The second-order valence-corrected chi connectivity index (χ2v) is 9.17. The zero-order valence-corrected chi connectivity index (χ0v) is 17.1. The van der Waals surface area contributed by atoms with Gasteiger partial charge in [0, 0.05) is 6.07 Å². The lowest BCUT2D eigenvalue weighted by molar-refractivity contribution is 0.0734. The Morgan fingerprint density at radius 1 is 0.931 bits per heavy atom. The summed E-state index contributed by atoms with van der Waals surface area (Å²) in [6.07, 6.45) is 4.21. The molecule has 0 radical (unpaired) electrons.